The Labute approximate surface area is 200 Å². The van der Waals surface area contributed by atoms with Gasteiger partial charge in [-0.1, -0.05) is 12.8 Å². The number of hydrogen-bond donors (Lipinski definition) is 1. The van der Waals surface area contributed by atoms with Gasteiger partial charge in [-0.05, 0) is 61.3 Å². The number of nitrogens with zero attached hydrogens (tertiary/aromatic N) is 1. The van der Waals surface area contributed by atoms with E-state index in [4.69, 9.17) is 23.7 Å². The van der Waals surface area contributed by atoms with Crippen molar-refractivity contribution in [3.8, 4) is 0 Å². The van der Waals surface area contributed by atoms with E-state index in [0.29, 0.717) is 19.3 Å². The molecule has 1 fully saturated rings. The van der Waals surface area contributed by atoms with Crippen molar-refractivity contribution in [2.24, 2.45) is 10.4 Å². The van der Waals surface area contributed by atoms with Gasteiger partial charge in [0.2, 0.25) is 0 Å². The molecule has 11 heteroatoms. The second-order valence-electron chi connectivity index (χ2n) is 10.4. The minimum absolute atomic E-state index is 0.0743. The van der Waals surface area contributed by atoms with Crippen LogP contribution in [0, 0.1) is 5.41 Å². The van der Waals surface area contributed by atoms with Crippen molar-refractivity contribution >= 4 is 30.1 Å². The van der Waals surface area contributed by atoms with Crippen LogP contribution in [0.4, 0.5) is 14.4 Å². The molecule has 0 aliphatic carbocycles. The first kappa shape index (κ1) is 29.2. The molecule has 194 valence electrons. The Morgan fingerprint density at radius 2 is 1.50 bits per heavy atom. The van der Waals surface area contributed by atoms with Crippen LogP contribution < -0.4 is 5.32 Å². The van der Waals surface area contributed by atoms with E-state index < -0.39 is 40.9 Å². The number of amidine groups is 1. The summed E-state index contributed by atoms with van der Waals surface area (Å²) in [6.45, 7) is 12.1. The SMILES string of the molecule is CC(C)(C)OC(=O)N=C(CCCCCCOC(=O)C1(C)COC(=O)OC1)NC(=O)OC(C)(C)C. The second-order valence-corrected chi connectivity index (χ2v) is 10.4. The molecule has 1 N–H and O–H groups in total. The summed E-state index contributed by atoms with van der Waals surface area (Å²) in [6.07, 6.45) is 0.803. The summed E-state index contributed by atoms with van der Waals surface area (Å²) in [5, 5.41) is 2.52. The molecular formula is C23H38N2O9. The lowest BCUT2D eigenvalue weighted by Gasteiger charge is -2.29. The van der Waals surface area contributed by atoms with E-state index >= 15 is 0 Å². The maximum Gasteiger partial charge on any atom is 0.508 e. The molecule has 2 amide bonds. The average Bonchev–Trinajstić information content (AvgIpc) is 2.66. The van der Waals surface area contributed by atoms with Gasteiger partial charge in [-0.2, -0.15) is 4.99 Å². The molecule has 0 saturated carbocycles. The van der Waals surface area contributed by atoms with E-state index in [1.807, 2.05) is 0 Å². The van der Waals surface area contributed by atoms with Crippen molar-refractivity contribution in [1.82, 2.24) is 5.32 Å². The number of carbonyl (C=O) groups is 4. The molecule has 1 rings (SSSR count). The molecule has 0 bridgehead atoms. The molecule has 11 nitrogen and oxygen atoms in total. The summed E-state index contributed by atoms with van der Waals surface area (Å²) in [6, 6.07) is 0. The highest BCUT2D eigenvalue weighted by Gasteiger charge is 2.41. The van der Waals surface area contributed by atoms with Gasteiger partial charge < -0.3 is 23.7 Å². The fraction of sp³-hybridized carbons (Fsp3) is 0.783. The van der Waals surface area contributed by atoms with Gasteiger partial charge >= 0.3 is 24.3 Å². The van der Waals surface area contributed by atoms with Gasteiger partial charge in [0, 0.05) is 6.42 Å². The van der Waals surface area contributed by atoms with Crippen LogP contribution >= 0.6 is 0 Å². The molecular weight excluding hydrogens is 448 g/mol. The molecule has 1 heterocycles. The number of ether oxygens (including phenoxy) is 5. The monoisotopic (exact) mass is 486 g/mol. The summed E-state index contributed by atoms with van der Waals surface area (Å²) in [5.41, 5.74) is -2.41. The number of unbranched alkanes of at least 4 members (excludes halogenated alkanes) is 3. The van der Waals surface area contributed by atoms with Crippen molar-refractivity contribution in [1.29, 1.82) is 0 Å². The van der Waals surface area contributed by atoms with Crippen LogP contribution in [0.15, 0.2) is 4.99 Å². The van der Waals surface area contributed by atoms with Crippen LogP contribution in [-0.4, -0.2) is 61.2 Å². The predicted octanol–water partition coefficient (Wildman–Crippen LogP) is 4.51. The first-order valence-corrected chi connectivity index (χ1v) is 11.4. The highest BCUT2D eigenvalue weighted by Crippen LogP contribution is 2.24. The van der Waals surface area contributed by atoms with Crippen molar-refractivity contribution in [2.75, 3.05) is 19.8 Å². The summed E-state index contributed by atoms with van der Waals surface area (Å²) in [4.78, 5) is 51.2. The molecule has 0 aromatic heterocycles. The highest BCUT2D eigenvalue weighted by molar-refractivity contribution is 6.00. The summed E-state index contributed by atoms with van der Waals surface area (Å²) < 4.78 is 25.2. The van der Waals surface area contributed by atoms with Crippen LogP contribution in [0.2, 0.25) is 0 Å². The van der Waals surface area contributed by atoms with E-state index in [-0.39, 0.29) is 25.7 Å². The first-order chi connectivity index (χ1) is 15.6. The fourth-order valence-electron chi connectivity index (χ4n) is 2.69. The van der Waals surface area contributed by atoms with Crippen molar-refractivity contribution in [3.63, 3.8) is 0 Å². The standard InChI is InChI=1S/C23H38N2O9/c1-21(2,3)33-18(27)24-16(25-19(28)34-22(4,5)6)12-10-8-9-11-13-30-17(26)23(7)14-31-20(29)32-15-23/h8-15H2,1-7H3,(H,24,25,27,28). The molecule has 34 heavy (non-hydrogen) atoms. The van der Waals surface area contributed by atoms with E-state index in [0.717, 1.165) is 12.8 Å². The molecule has 1 aliphatic rings. The van der Waals surface area contributed by atoms with Crippen molar-refractivity contribution < 1.29 is 42.9 Å². The van der Waals surface area contributed by atoms with Gasteiger partial charge in [0.05, 0.1) is 6.61 Å². The second kappa shape index (κ2) is 12.6. The van der Waals surface area contributed by atoms with Crippen molar-refractivity contribution in [2.45, 2.75) is 91.8 Å². The van der Waals surface area contributed by atoms with Crippen LogP contribution in [0.5, 0.6) is 0 Å². The maximum atomic E-state index is 12.2. The summed E-state index contributed by atoms with van der Waals surface area (Å²) in [7, 11) is 0. The Morgan fingerprint density at radius 1 is 0.941 bits per heavy atom. The fourth-order valence-corrected chi connectivity index (χ4v) is 2.69. The van der Waals surface area contributed by atoms with Crippen LogP contribution in [0.1, 0.15) is 80.6 Å². The minimum Gasteiger partial charge on any atom is -0.465 e. The molecule has 0 radical (unpaired) electrons. The Bertz CT molecular complexity index is 753. The van der Waals surface area contributed by atoms with E-state index in [1.54, 1.807) is 48.5 Å². The largest absolute Gasteiger partial charge is 0.508 e. The molecule has 0 aromatic carbocycles. The third-order valence-corrected chi connectivity index (χ3v) is 4.32. The van der Waals surface area contributed by atoms with E-state index in [9.17, 15) is 19.2 Å². The smallest absolute Gasteiger partial charge is 0.465 e. The first-order valence-electron chi connectivity index (χ1n) is 11.4. The molecule has 1 aliphatic heterocycles. The number of hydrogen-bond acceptors (Lipinski definition) is 9. The van der Waals surface area contributed by atoms with E-state index in [1.165, 1.54) is 0 Å². The topological polar surface area (TPSA) is 139 Å². The Morgan fingerprint density at radius 3 is 2.06 bits per heavy atom. The van der Waals surface area contributed by atoms with Crippen LogP contribution in [-0.2, 0) is 28.5 Å². The third kappa shape index (κ3) is 12.4. The van der Waals surface area contributed by atoms with Gasteiger partial charge in [-0.3, -0.25) is 10.1 Å². The zero-order valence-electron chi connectivity index (χ0n) is 21.3. The van der Waals surface area contributed by atoms with Gasteiger partial charge in [0.25, 0.3) is 0 Å². The third-order valence-electron chi connectivity index (χ3n) is 4.32. The summed E-state index contributed by atoms with van der Waals surface area (Å²) in [5.74, 6) is -0.317. The lowest BCUT2D eigenvalue weighted by Crippen LogP contribution is -2.44. The van der Waals surface area contributed by atoms with Crippen LogP contribution in [0.3, 0.4) is 0 Å². The molecule has 0 unspecified atom stereocenters. The molecule has 1 saturated heterocycles. The highest BCUT2D eigenvalue weighted by atomic mass is 16.7. The van der Waals surface area contributed by atoms with E-state index in [2.05, 4.69) is 10.3 Å². The number of alkyl carbamates (subject to hydrolysis) is 1. The van der Waals surface area contributed by atoms with Crippen molar-refractivity contribution in [3.05, 3.63) is 0 Å². The maximum absolute atomic E-state index is 12.2. The molecule has 0 aromatic rings. The number of amides is 2. The quantitative estimate of drug-likeness (QED) is 0.172. The number of cyclic esters (lactones) is 2. The lowest BCUT2D eigenvalue weighted by atomic mass is 9.93. The Kier molecular flexibility index (Phi) is 10.8. The number of nitrogens with one attached hydrogen (secondary N) is 1. The Hall–Kier alpha value is -2.85. The zero-order valence-corrected chi connectivity index (χ0v) is 21.3. The molecule has 0 spiro atoms. The zero-order chi connectivity index (χ0) is 26.0. The normalized spacial score (nSPS) is 16.1. The lowest BCUT2D eigenvalue weighted by molar-refractivity contribution is -0.166. The number of rotatable bonds is 8. The number of carbonyl (C=O) groups excluding carboxylic acids is 4. The Balaban J connectivity index is 2.44. The van der Waals surface area contributed by atoms with Gasteiger partial charge in [0.15, 0.2) is 0 Å². The number of aliphatic imine (C=N–C) groups is 1. The average molecular weight is 487 g/mol. The van der Waals surface area contributed by atoms with Gasteiger partial charge in [-0.15, -0.1) is 0 Å². The molecule has 0 atom stereocenters. The van der Waals surface area contributed by atoms with Crippen LogP contribution in [0.25, 0.3) is 0 Å². The summed E-state index contributed by atoms with van der Waals surface area (Å²) >= 11 is 0. The predicted molar refractivity (Wildman–Crippen MR) is 122 cm³/mol. The van der Waals surface area contributed by atoms with Gasteiger partial charge in [-0.25, -0.2) is 14.4 Å². The van der Waals surface area contributed by atoms with Gasteiger partial charge in [0.1, 0.15) is 35.7 Å². The number of esters is 1. The minimum atomic E-state index is -1.01.